The summed E-state index contributed by atoms with van der Waals surface area (Å²) in [6, 6.07) is 9.00. The molecule has 0 bridgehead atoms. The first-order chi connectivity index (χ1) is 8.20. The van der Waals surface area contributed by atoms with E-state index in [2.05, 4.69) is 0 Å². The summed E-state index contributed by atoms with van der Waals surface area (Å²) < 4.78 is 6.11. The third kappa shape index (κ3) is 1.60. The normalized spacial score (nSPS) is 10.1. The van der Waals surface area contributed by atoms with Crippen molar-refractivity contribution < 1.29 is 9.53 Å². The standard InChI is InChI=1S/C12H11N3O2/c1-2-17-12(16)15-9-6-4-3-5-8(9)11(14)10(15)7-13/h3-6H,2,14H2,1H3. The number of aromatic nitrogens is 1. The highest BCUT2D eigenvalue weighted by Crippen LogP contribution is 2.27. The van der Waals surface area contributed by atoms with E-state index < -0.39 is 6.09 Å². The summed E-state index contributed by atoms with van der Waals surface area (Å²) in [5.74, 6) is 0. The number of fused-ring (bicyclic) bond motifs is 1. The number of nitrogens with two attached hydrogens (primary N) is 1. The van der Waals surface area contributed by atoms with Crippen LogP contribution in [-0.4, -0.2) is 17.3 Å². The summed E-state index contributed by atoms with van der Waals surface area (Å²) in [4.78, 5) is 11.8. The van der Waals surface area contributed by atoms with Crippen LogP contribution < -0.4 is 5.73 Å². The average molecular weight is 229 g/mol. The van der Waals surface area contributed by atoms with Gasteiger partial charge in [0.25, 0.3) is 0 Å². The highest BCUT2D eigenvalue weighted by molar-refractivity contribution is 6.00. The highest BCUT2D eigenvalue weighted by Gasteiger charge is 2.19. The SMILES string of the molecule is CCOC(=O)n1c(C#N)c(N)c2ccccc21. The van der Waals surface area contributed by atoms with Gasteiger partial charge in [0.2, 0.25) is 0 Å². The van der Waals surface area contributed by atoms with Crippen LogP contribution in [-0.2, 0) is 4.74 Å². The van der Waals surface area contributed by atoms with Crippen LogP contribution in [0.3, 0.4) is 0 Å². The smallest absolute Gasteiger partial charge is 0.419 e. The molecule has 0 saturated carbocycles. The number of nitrogen functional groups attached to an aromatic ring is 1. The molecule has 0 aliphatic heterocycles. The number of hydrogen-bond donors (Lipinski definition) is 1. The Labute approximate surface area is 98.0 Å². The van der Waals surface area contributed by atoms with Crippen LogP contribution >= 0.6 is 0 Å². The molecule has 0 fully saturated rings. The molecule has 2 N–H and O–H groups in total. The summed E-state index contributed by atoms with van der Waals surface area (Å²) in [5.41, 5.74) is 6.83. The zero-order valence-electron chi connectivity index (χ0n) is 9.30. The van der Waals surface area contributed by atoms with E-state index in [4.69, 9.17) is 15.7 Å². The first-order valence-corrected chi connectivity index (χ1v) is 5.16. The Hall–Kier alpha value is -2.48. The topological polar surface area (TPSA) is 81.0 Å². The van der Waals surface area contributed by atoms with Crippen LogP contribution in [0, 0.1) is 11.3 Å². The van der Waals surface area contributed by atoms with Gasteiger partial charge in [0.1, 0.15) is 6.07 Å². The minimum Gasteiger partial charge on any atom is -0.449 e. The number of carbonyl (C=O) groups is 1. The molecule has 0 aliphatic carbocycles. The molecule has 0 saturated heterocycles. The van der Waals surface area contributed by atoms with Crippen LogP contribution in [0.2, 0.25) is 0 Å². The van der Waals surface area contributed by atoms with Gasteiger partial charge in [-0.2, -0.15) is 5.26 Å². The van der Waals surface area contributed by atoms with E-state index in [9.17, 15) is 4.79 Å². The minimum atomic E-state index is -0.586. The predicted molar refractivity (Wildman–Crippen MR) is 63.5 cm³/mol. The molecule has 0 spiro atoms. The van der Waals surface area contributed by atoms with Crippen molar-refractivity contribution in [1.82, 2.24) is 4.57 Å². The largest absolute Gasteiger partial charge is 0.449 e. The summed E-state index contributed by atoms with van der Waals surface area (Å²) in [6.45, 7) is 1.95. The lowest BCUT2D eigenvalue weighted by molar-refractivity contribution is 0.155. The van der Waals surface area contributed by atoms with Crippen molar-refractivity contribution in [3.63, 3.8) is 0 Å². The Morgan fingerprint density at radius 3 is 2.88 bits per heavy atom. The van der Waals surface area contributed by atoms with E-state index in [1.54, 1.807) is 31.2 Å². The van der Waals surface area contributed by atoms with Gasteiger partial charge in [-0.05, 0) is 13.0 Å². The molecular weight excluding hydrogens is 218 g/mol. The van der Waals surface area contributed by atoms with Gasteiger partial charge < -0.3 is 10.5 Å². The average Bonchev–Trinajstić information content (AvgIpc) is 2.63. The predicted octanol–water partition coefficient (Wildman–Crippen LogP) is 2.10. The summed E-state index contributed by atoms with van der Waals surface area (Å²) in [5, 5.41) is 9.74. The van der Waals surface area contributed by atoms with Crippen molar-refractivity contribution in [2.24, 2.45) is 0 Å². The first-order valence-electron chi connectivity index (χ1n) is 5.16. The van der Waals surface area contributed by atoms with Gasteiger partial charge in [-0.1, -0.05) is 18.2 Å². The zero-order chi connectivity index (χ0) is 12.4. The lowest BCUT2D eigenvalue weighted by Gasteiger charge is -2.04. The summed E-state index contributed by atoms with van der Waals surface area (Å²) in [7, 11) is 0. The van der Waals surface area contributed by atoms with Crippen molar-refractivity contribution >= 4 is 22.7 Å². The second-order valence-electron chi connectivity index (χ2n) is 3.43. The molecule has 2 rings (SSSR count). The number of anilines is 1. The van der Waals surface area contributed by atoms with E-state index >= 15 is 0 Å². The first kappa shape index (κ1) is 11.0. The van der Waals surface area contributed by atoms with Crippen LogP contribution in [0.25, 0.3) is 10.9 Å². The molecule has 2 aromatic rings. The molecule has 1 heterocycles. The molecule has 0 radical (unpaired) electrons. The van der Waals surface area contributed by atoms with E-state index in [-0.39, 0.29) is 12.3 Å². The van der Waals surface area contributed by atoms with Gasteiger partial charge >= 0.3 is 6.09 Å². The fraction of sp³-hybridized carbons (Fsp3) is 0.167. The second-order valence-corrected chi connectivity index (χ2v) is 3.43. The van der Waals surface area contributed by atoms with Crippen molar-refractivity contribution in [3.8, 4) is 6.07 Å². The van der Waals surface area contributed by atoms with Gasteiger partial charge in [-0.25, -0.2) is 9.36 Å². The Kier molecular flexibility index (Phi) is 2.71. The third-order valence-electron chi connectivity index (χ3n) is 2.47. The number of rotatable bonds is 1. The zero-order valence-corrected chi connectivity index (χ0v) is 9.30. The van der Waals surface area contributed by atoms with Gasteiger partial charge in [0, 0.05) is 5.39 Å². The van der Waals surface area contributed by atoms with Crippen LogP contribution in [0.5, 0.6) is 0 Å². The Morgan fingerprint density at radius 2 is 2.24 bits per heavy atom. The number of para-hydroxylation sites is 1. The minimum absolute atomic E-state index is 0.115. The monoisotopic (exact) mass is 229 g/mol. The molecule has 17 heavy (non-hydrogen) atoms. The van der Waals surface area contributed by atoms with Crippen molar-refractivity contribution in [3.05, 3.63) is 30.0 Å². The maximum Gasteiger partial charge on any atom is 0.419 e. The highest BCUT2D eigenvalue weighted by atomic mass is 16.5. The number of carbonyl (C=O) groups excluding carboxylic acids is 1. The maximum atomic E-state index is 11.8. The van der Waals surface area contributed by atoms with Crippen LogP contribution in [0.4, 0.5) is 10.5 Å². The molecule has 5 heteroatoms. The Morgan fingerprint density at radius 1 is 1.53 bits per heavy atom. The third-order valence-corrected chi connectivity index (χ3v) is 2.47. The number of hydrogen-bond acceptors (Lipinski definition) is 4. The lowest BCUT2D eigenvalue weighted by atomic mass is 10.2. The molecule has 1 aromatic carbocycles. The fourth-order valence-electron chi connectivity index (χ4n) is 1.75. The molecule has 0 atom stereocenters. The van der Waals surface area contributed by atoms with E-state index in [1.807, 2.05) is 6.07 Å². The van der Waals surface area contributed by atoms with E-state index in [0.29, 0.717) is 16.6 Å². The van der Waals surface area contributed by atoms with Crippen molar-refractivity contribution in [2.75, 3.05) is 12.3 Å². The van der Waals surface area contributed by atoms with Gasteiger partial charge in [0.15, 0.2) is 5.69 Å². The quantitative estimate of drug-likeness (QED) is 0.811. The maximum absolute atomic E-state index is 11.8. The molecule has 1 aromatic heterocycles. The summed E-state index contributed by atoms with van der Waals surface area (Å²) >= 11 is 0. The lowest BCUT2D eigenvalue weighted by Crippen LogP contribution is -2.15. The Bertz CT molecular complexity index is 622. The molecule has 0 amide bonds. The number of nitriles is 1. The second kappa shape index (κ2) is 4.18. The number of nitrogens with zero attached hydrogens (tertiary/aromatic N) is 2. The molecule has 5 nitrogen and oxygen atoms in total. The van der Waals surface area contributed by atoms with Crippen molar-refractivity contribution in [1.29, 1.82) is 5.26 Å². The van der Waals surface area contributed by atoms with E-state index in [0.717, 1.165) is 0 Å². The van der Waals surface area contributed by atoms with Gasteiger partial charge in [-0.15, -0.1) is 0 Å². The Balaban J connectivity index is 2.76. The fourth-order valence-corrected chi connectivity index (χ4v) is 1.75. The van der Waals surface area contributed by atoms with Crippen LogP contribution in [0.1, 0.15) is 12.6 Å². The van der Waals surface area contributed by atoms with Gasteiger partial charge in [0.05, 0.1) is 17.8 Å². The van der Waals surface area contributed by atoms with Crippen molar-refractivity contribution in [2.45, 2.75) is 6.92 Å². The molecule has 0 aliphatic rings. The molecular formula is C12H11N3O2. The van der Waals surface area contributed by atoms with E-state index in [1.165, 1.54) is 4.57 Å². The van der Waals surface area contributed by atoms with Crippen LogP contribution in [0.15, 0.2) is 24.3 Å². The molecule has 86 valence electrons. The molecule has 0 unspecified atom stereocenters. The number of ether oxygens (including phenoxy) is 1. The van der Waals surface area contributed by atoms with Gasteiger partial charge in [-0.3, -0.25) is 0 Å². The number of benzene rings is 1. The summed E-state index contributed by atoms with van der Waals surface area (Å²) in [6.07, 6.45) is -0.586.